The highest BCUT2D eigenvalue weighted by atomic mass is 14.7. The minimum Gasteiger partial charge on any atom is -0.397 e. The second-order valence-corrected chi connectivity index (χ2v) is 1.94. The van der Waals surface area contributed by atoms with Crippen molar-refractivity contribution in [2.45, 2.75) is 6.92 Å². The molecule has 0 amide bonds. The molecule has 0 atom stereocenters. The highest BCUT2D eigenvalue weighted by Gasteiger charge is 1.94. The molecule has 0 saturated carbocycles. The summed E-state index contributed by atoms with van der Waals surface area (Å²) in [6.45, 7) is 1.87. The van der Waals surface area contributed by atoms with Gasteiger partial charge in [-0.2, -0.15) is 0 Å². The molecule has 0 radical (unpaired) electrons. The van der Waals surface area contributed by atoms with Crippen molar-refractivity contribution in [2.24, 2.45) is 0 Å². The van der Waals surface area contributed by atoms with Gasteiger partial charge in [-0.25, -0.2) is 0 Å². The fourth-order valence-electron chi connectivity index (χ4n) is 0.558. The van der Waals surface area contributed by atoms with Gasteiger partial charge in [-0.05, 0) is 12.5 Å². The first-order valence-corrected chi connectivity index (χ1v) is 2.67. The highest BCUT2D eigenvalue weighted by molar-refractivity contribution is 5.57. The summed E-state index contributed by atoms with van der Waals surface area (Å²) < 4.78 is 0. The first-order valence-electron chi connectivity index (χ1n) is 2.67. The molecule has 1 aromatic heterocycles. The van der Waals surface area contributed by atoms with Crippen molar-refractivity contribution < 1.29 is 0 Å². The molecule has 0 aliphatic heterocycles. The molecule has 3 heteroatoms. The zero-order valence-electron chi connectivity index (χ0n) is 5.26. The summed E-state index contributed by atoms with van der Waals surface area (Å²) in [5.74, 6) is 0. The monoisotopic (exact) mass is 123 g/mol. The molecule has 0 aliphatic rings. The Labute approximate surface area is 53.7 Å². The van der Waals surface area contributed by atoms with E-state index in [2.05, 4.69) is 4.98 Å². The van der Waals surface area contributed by atoms with E-state index in [1.807, 2.05) is 6.92 Å². The Balaban J connectivity index is 3.25. The predicted octanol–water partition coefficient (Wildman–Crippen LogP) is 0.554. The van der Waals surface area contributed by atoms with Crippen molar-refractivity contribution >= 4 is 11.4 Å². The van der Waals surface area contributed by atoms with Gasteiger partial charge in [0.25, 0.3) is 0 Å². The molecule has 48 valence electrons. The average molecular weight is 123 g/mol. The van der Waals surface area contributed by atoms with Gasteiger partial charge in [0.15, 0.2) is 0 Å². The number of pyridine rings is 1. The molecule has 3 nitrogen and oxygen atoms in total. The van der Waals surface area contributed by atoms with Gasteiger partial charge in [0.2, 0.25) is 0 Å². The van der Waals surface area contributed by atoms with Crippen LogP contribution in [-0.2, 0) is 0 Å². The van der Waals surface area contributed by atoms with Crippen LogP contribution in [0.1, 0.15) is 5.56 Å². The topological polar surface area (TPSA) is 64.9 Å². The van der Waals surface area contributed by atoms with Crippen LogP contribution in [0, 0.1) is 6.92 Å². The lowest BCUT2D eigenvalue weighted by Crippen LogP contribution is -1.96. The summed E-state index contributed by atoms with van der Waals surface area (Å²) in [5, 5.41) is 0. The van der Waals surface area contributed by atoms with Crippen molar-refractivity contribution in [3.8, 4) is 0 Å². The second-order valence-electron chi connectivity index (χ2n) is 1.94. The zero-order valence-corrected chi connectivity index (χ0v) is 5.26. The van der Waals surface area contributed by atoms with Crippen molar-refractivity contribution in [3.63, 3.8) is 0 Å². The maximum atomic E-state index is 5.48. The predicted molar refractivity (Wildman–Crippen MR) is 37.8 cm³/mol. The van der Waals surface area contributed by atoms with Crippen molar-refractivity contribution in [1.82, 2.24) is 4.98 Å². The molecule has 0 bridgehead atoms. The molecule has 0 aromatic carbocycles. The van der Waals surface area contributed by atoms with Gasteiger partial charge in [-0.15, -0.1) is 0 Å². The number of nitrogens with two attached hydrogens (primary N) is 2. The molecular formula is C6H9N3. The minimum absolute atomic E-state index is 0.648. The smallest absolute Gasteiger partial charge is 0.0551 e. The van der Waals surface area contributed by atoms with Crippen LogP contribution in [0.15, 0.2) is 12.4 Å². The second kappa shape index (κ2) is 1.93. The van der Waals surface area contributed by atoms with E-state index in [0.29, 0.717) is 11.4 Å². The molecule has 4 N–H and O–H groups in total. The number of nitrogens with zero attached hydrogens (tertiary/aromatic N) is 1. The Morgan fingerprint density at radius 2 is 1.67 bits per heavy atom. The number of nitrogen functional groups attached to an aromatic ring is 2. The normalized spacial score (nSPS) is 9.44. The molecule has 1 rings (SSSR count). The lowest BCUT2D eigenvalue weighted by atomic mass is 10.2. The Kier molecular flexibility index (Phi) is 1.26. The van der Waals surface area contributed by atoms with E-state index in [9.17, 15) is 0 Å². The first kappa shape index (κ1) is 5.88. The largest absolute Gasteiger partial charge is 0.397 e. The van der Waals surface area contributed by atoms with E-state index in [1.54, 1.807) is 12.4 Å². The van der Waals surface area contributed by atoms with E-state index in [-0.39, 0.29) is 0 Å². The summed E-state index contributed by atoms with van der Waals surface area (Å²) >= 11 is 0. The fourth-order valence-corrected chi connectivity index (χ4v) is 0.558. The van der Waals surface area contributed by atoms with Gasteiger partial charge < -0.3 is 11.5 Å². The molecule has 9 heavy (non-hydrogen) atoms. The molecule has 0 saturated heterocycles. The third-order valence-corrected chi connectivity index (χ3v) is 1.29. The van der Waals surface area contributed by atoms with Gasteiger partial charge in [0, 0.05) is 0 Å². The van der Waals surface area contributed by atoms with E-state index in [0.717, 1.165) is 5.56 Å². The Morgan fingerprint density at radius 3 is 2.00 bits per heavy atom. The van der Waals surface area contributed by atoms with E-state index in [1.165, 1.54) is 0 Å². The summed E-state index contributed by atoms with van der Waals surface area (Å²) in [6, 6.07) is 0. The fraction of sp³-hybridized carbons (Fsp3) is 0.167. The molecule has 0 fully saturated rings. The van der Waals surface area contributed by atoms with Crippen LogP contribution < -0.4 is 11.5 Å². The standard InChI is InChI=1S/C6H9N3/c1-4-5(7)2-9-3-6(4)8/h2-3H,7-8H2,1H3. The minimum atomic E-state index is 0.648. The quantitative estimate of drug-likeness (QED) is 0.529. The highest BCUT2D eigenvalue weighted by Crippen LogP contribution is 2.13. The number of anilines is 2. The van der Waals surface area contributed by atoms with Gasteiger partial charge in [-0.1, -0.05) is 0 Å². The summed E-state index contributed by atoms with van der Waals surface area (Å²) in [7, 11) is 0. The number of aromatic nitrogens is 1. The molecule has 0 spiro atoms. The Morgan fingerprint density at radius 1 is 1.22 bits per heavy atom. The summed E-state index contributed by atoms with van der Waals surface area (Å²) in [4.78, 5) is 3.79. The van der Waals surface area contributed by atoms with Crippen molar-refractivity contribution in [2.75, 3.05) is 11.5 Å². The van der Waals surface area contributed by atoms with Crippen LogP contribution in [0.2, 0.25) is 0 Å². The van der Waals surface area contributed by atoms with Crippen LogP contribution in [-0.4, -0.2) is 4.98 Å². The number of hydrogen-bond acceptors (Lipinski definition) is 3. The Hall–Kier alpha value is -1.25. The van der Waals surface area contributed by atoms with Crippen LogP contribution in [0.5, 0.6) is 0 Å². The molecule has 0 unspecified atom stereocenters. The first-order chi connectivity index (χ1) is 4.22. The Bertz CT molecular complexity index is 199. The van der Waals surface area contributed by atoms with Crippen molar-refractivity contribution in [1.29, 1.82) is 0 Å². The third kappa shape index (κ3) is 0.937. The third-order valence-electron chi connectivity index (χ3n) is 1.29. The molecule has 1 heterocycles. The SMILES string of the molecule is Cc1c(N)cncc1N. The van der Waals surface area contributed by atoms with Gasteiger partial charge in [0.1, 0.15) is 0 Å². The van der Waals surface area contributed by atoms with Gasteiger partial charge in [0.05, 0.1) is 23.8 Å². The molecule has 1 aromatic rings. The van der Waals surface area contributed by atoms with Crippen LogP contribution >= 0.6 is 0 Å². The van der Waals surface area contributed by atoms with Crippen LogP contribution in [0.4, 0.5) is 11.4 Å². The van der Waals surface area contributed by atoms with Gasteiger partial charge >= 0.3 is 0 Å². The van der Waals surface area contributed by atoms with Crippen LogP contribution in [0.3, 0.4) is 0 Å². The van der Waals surface area contributed by atoms with E-state index >= 15 is 0 Å². The van der Waals surface area contributed by atoms with Crippen molar-refractivity contribution in [3.05, 3.63) is 18.0 Å². The number of hydrogen-bond donors (Lipinski definition) is 2. The summed E-state index contributed by atoms with van der Waals surface area (Å²) in [5.41, 5.74) is 13.2. The van der Waals surface area contributed by atoms with Gasteiger partial charge in [-0.3, -0.25) is 4.98 Å². The lowest BCUT2D eigenvalue weighted by molar-refractivity contribution is 1.30. The average Bonchev–Trinajstić information content (AvgIpc) is 1.83. The van der Waals surface area contributed by atoms with E-state index < -0.39 is 0 Å². The lowest BCUT2D eigenvalue weighted by Gasteiger charge is -1.99. The maximum absolute atomic E-state index is 5.48. The zero-order chi connectivity index (χ0) is 6.85. The molecule has 0 aliphatic carbocycles. The molecular weight excluding hydrogens is 114 g/mol. The number of rotatable bonds is 0. The van der Waals surface area contributed by atoms with Crippen LogP contribution in [0.25, 0.3) is 0 Å². The maximum Gasteiger partial charge on any atom is 0.0551 e. The summed E-state index contributed by atoms with van der Waals surface area (Å²) in [6.07, 6.45) is 3.18. The van der Waals surface area contributed by atoms with E-state index in [4.69, 9.17) is 11.5 Å².